The maximum Gasteiger partial charge on any atom is 0.407 e. The van der Waals surface area contributed by atoms with Crippen LogP contribution < -0.4 is 0 Å². The van der Waals surface area contributed by atoms with Crippen molar-refractivity contribution >= 4 is 39.5 Å². The molecule has 124 valence electrons. The molecule has 0 spiro atoms. The van der Waals surface area contributed by atoms with E-state index < -0.39 is 6.09 Å². The summed E-state index contributed by atoms with van der Waals surface area (Å²) in [5.74, 6) is -0.115. The molecule has 0 radical (unpaired) electrons. The molecule has 8 heteroatoms. The number of fused-ring (bicyclic) bond motifs is 2. The van der Waals surface area contributed by atoms with Crippen LogP contribution in [0.15, 0.2) is 10.5 Å². The number of hydrogen-bond donors (Lipinski definition) is 1. The maximum absolute atomic E-state index is 12.9. The average molecular weight is 404 g/mol. The van der Waals surface area contributed by atoms with Crippen molar-refractivity contribution in [3.05, 3.63) is 32.3 Å². The highest BCUT2D eigenvalue weighted by atomic mass is 79.9. The maximum atomic E-state index is 12.9. The molecule has 0 aliphatic carbocycles. The lowest BCUT2D eigenvalue weighted by Crippen LogP contribution is -2.58. The predicted molar refractivity (Wildman–Crippen MR) is 88.0 cm³/mol. The average Bonchev–Trinajstić information content (AvgIpc) is 2.52. The van der Waals surface area contributed by atoms with Gasteiger partial charge in [0.05, 0.1) is 24.3 Å². The SMILES string of the molecule is Cc1c(Br)c(Cl)cc2c1COC[C@H]1CN(C(=O)O)CCN1C2=O. The number of carbonyl (C=O) groups excluding carboxylic acids is 1. The number of nitrogens with zero attached hydrogens (tertiary/aromatic N) is 2. The highest BCUT2D eigenvalue weighted by Crippen LogP contribution is 2.33. The summed E-state index contributed by atoms with van der Waals surface area (Å²) in [6, 6.07) is 1.38. The molecule has 2 aliphatic heterocycles. The lowest BCUT2D eigenvalue weighted by molar-refractivity contribution is 0.00397. The van der Waals surface area contributed by atoms with Crippen LogP contribution in [-0.4, -0.2) is 59.2 Å². The number of hydrogen-bond acceptors (Lipinski definition) is 3. The molecule has 1 N–H and O–H groups in total. The lowest BCUT2D eigenvalue weighted by Gasteiger charge is -2.41. The number of amides is 2. The number of piperazine rings is 1. The molecular formula is C15H16BrClN2O4. The van der Waals surface area contributed by atoms with Gasteiger partial charge in [0.2, 0.25) is 0 Å². The van der Waals surface area contributed by atoms with E-state index in [0.717, 1.165) is 15.6 Å². The molecule has 1 saturated heterocycles. The summed E-state index contributed by atoms with van der Waals surface area (Å²) in [5, 5.41) is 9.62. The number of benzene rings is 1. The Morgan fingerprint density at radius 2 is 2.22 bits per heavy atom. The summed E-state index contributed by atoms with van der Waals surface area (Å²) in [4.78, 5) is 27.1. The molecule has 3 rings (SSSR count). The first-order valence-electron chi connectivity index (χ1n) is 7.24. The van der Waals surface area contributed by atoms with Crippen molar-refractivity contribution in [3.63, 3.8) is 0 Å². The predicted octanol–water partition coefficient (Wildman–Crippen LogP) is 2.75. The largest absolute Gasteiger partial charge is 0.465 e. The van der Waals surface area contributed by atoms with Gasteiger partial charge in [-0.1, -0.05) is 11.6 Å². The van der Waals surface area contributed by atoms with E-state index in [4.69, 9.17) is 21.4 Å². The van der Waals surface area contributed by atoms with Crippen molar-refractivity contribution in [1.82, 2.24) is 9.80 Å². The first kappa shape index (κ1) is 16.5. The van der Waals surface area contributed by atoms with Gasteiger partial charge in [-0.15, -0.1) is 0 Å². The third kappa shape index (κ3) is 2.93. The van der Waals surface area contributed by atoms with Crippen molar-refractivity contribution in [3.8, 4) is 0 Å². The van der Waals surface area contributed by atoms with Crippen LogP contribution >= 0.6 is 27.5 Å². The Kier molecular flexibility index (Phi) is 4.53. The van der Waals surface area contributed by atoms with Gasteiger partial charge in [-0.05, 0) is 40.0 Å². The normalized spacial score (nSPS) is 21.3. The minimum Gasteiger partial charge on any atom is -0.465 e. The molecule has 1 aromatic rings. The van der Waals surface area contributed by atoms with Crippen LogP contribution in [0.3, 0.4) is 0 Å². The molecule has 1 fully saturated rings. The van der Waals surface area contributed by atoms with Crippen LogP contribution in [-0.2, 0) is 11.3 Å². The van der Waals surface area contributed by atoms with Gasteiger partial charge in [-0.3, -0.25) is 4.79 Å². The Labute approximate surface area is 147 Å². The van der Waals surface area contributed by atoms with Crippen LogP contribution in [0.1, 0.15) is 21.5 Å². The first-order valence-corrected chi connectivity index (χ1v) is 8.41. The molecule has 0 unspecified atom stereocenters. The number of carbonyl (C=O) groups is 2. The molecule has 0 saturated carbocycles. The number of carboxylic acid groups (broad SMARTS) is 1. The second-order valence-electron chi connectivity index (χ2n) is 5.72. The Morgan fingerprint density at radius 1 is 1.48 bits per heavy atom. The molecule has 2 aliphatic rings. The number of rotatable bonds is 0. The van der Waals surface area contributed by atoms with Crippen molar-refractivity contribution < 1.29 is 19.4 Å². The standard InChI is InChI=1S/C15H16BrClN2O4/c1-8-11-7-23-6-9-5-18(15(21)22)2-3-19(9)14(20)10(11)4-12(17)13(8)16/h4,9H,2-3,5-7H2,1H3,(H,21,22)/t9-/m1/s1. The second-order valence-corrected chi connectivity index (χ2v) is 6.92. The Balaban J connectivity index is 1.98. The minimum absolute atomic E-state index is 0.115. The van der Waals surface area contributed by atoms with E-state index in [2.05, 4.69) is 15.9 Å². The fourth-order valence-corrected chi connectivity index (χ4v) is 3.66. The molecule has 0 aromatic heterocycles. The summed E-state index contributed by atoms with van der Waals surface area (Å²) >= 11 is 9.64. The van der Waals surface area contributed by atoms with Gasteiger partial charge in [0.25, 0.3) is 5.91 Å². The Morgan fingerprint density at radius 3 is 2.91 bits per heavy atom. The van der Waals surface area contributed by atoms with Crippen LogP contribution in [0.5, 0.6) is 0 Å². The number of halogens is 2. The summed E-state index contributed by atoms with van der Waals surface area (Å²) in [6.45, 7) is 3.43. The van der Waals surface area contributed by atoms with Gasteiger partial charge >= 0.3 is 6.09 Å². The Hall–Kier alpha value is -1.31. The zero-order valence-electron chi connectivity index (χ0n) is 12.5. The third-order valence-electron chi connectivity index (χ3n) is 4.39. The van der Waals surface area contributed by atoms with Crippen molar-refractivity contribution in [1.29, 1.82) is 0 Å². The first-order chi connectivity index (χ1) is 10.9. The third-order valence-corrected chi connectivity index (χ3v) is 5.94. The zero-order valence-corrected chi connectivity index (χ0v) is 14.9. The van der Waals surface area contributed by atoms with Gasteiger partial charge in [-0.2, -0.15) is 0 Å². The summed E-state index contributed by atoms with van der Waals surface area (Å²) in [6.07, 6.45) is -0.970. The van der Waals surface area contributed by atoms with Crippen LogP contribution in [0, 0.1) is 6.92 Å². The quantitative estimate of drug-likeness (QED) is 0.723. The topological polar surface area (TPSA) is 70.1 Å². The van der Waals surface area contributed by atoms with E-state index in [-0.39, 0.29) is 18.5 Å². The van der Waals surface area contributed by atoms with Gasteiger partial charge in [0.15, 0.2) is 0 Å². The second kappa shape index (κ2) is 6.30. The van der Waals surface area contributed by atoms with E-state index in [9.17, 15) is 9.59 Å². The van der Waals surface area contributed by atoms with E-state index in [1.807, 2.05) is 6.92 Å². The summed E-state index contributed by atoms with van der Waals surface area (Å²) in [5.41, 5.74) is 2.25. The van der Waals surface area contributed by atoms with E-state index in [0.29, 0.717) is 36.9 Å². The van der Waals surface area contributed by atoms with Crippen LogP contribution in [0.4, 0.5) is 4.79 Å². The minimum atomic E-state index is -0.970. The fourth-order valence-electron chi connectivity index (χ4n) is 3.06. The highest BCUT2D eigenvalue weighted by molar-refractivity contribution is 9.10. The van der Waals surface area contributed by atoms with Gasteiger partial charge in [-0.25, -0.2) is 4.79 Å². The molecule has 6 nitrogen and oxygen atoms in total. The molecule has 2 amide bonds. The van der Waals surface area contributed by atoms with Gasteiger partial charge in [0, 0.05) is 29.7 Å². The van der Waals surface area contributed by atoms with Crippen LogP contribution in [0.25, 0.3) is 0 Å². The monoisotopic (exact) mass is 402 g/mol. The van der Waals surface area contributed by atoms with E-state index in [1.165, 1.54) is 4.90 Å². The van der Waals surface area contributed by atoms with Crippen LogP contribution in [0.2, 0.25) is 5.02 Å². The zero-order chi connectivity index (χ0) is 16.7. The smallest absolute Gasteiger partial charge is 0.407 e. The fraction of sp³-hybridized carbons (Fsp3) is 0.467. The van der Waals surface area contributed by atoms with E-state index in [1.54, 1.807) is 11.0 Å². The van der Waals surface area contributed by atoms with Gasteiger partial charge in [0.1, 0.15) is 0 Å². The summed E-state index contributed by atoms with van der Waals surface area (Å²) < 4.78 is 6.51. The number of ether oxygens (including phenoxy) is 1. The molecule has 23 heavy (non-hydrogen) atoms. The summed E-state index contributed by atoms with van der Waals surface area (Å²) in [7, 11) is 0. The van der Waals surface area contributed by atoms with Crippen molar-refractivity contribution in [2.75, 3.05) is 26.2 Å². The Bertz CT molecular complexity index is 682. The highest BCUT2D eigenvalue weighted by Gasteiger charge is 2.35. The van der Waals surface area contributed by atoms with E-state index >= 15 is 0 Å². The van der Waals surface area contributed by atoms with Crippen molar-refractivity contribution in [2.45, 2.75) is 19.6 Å². The molecular weight excluding hydrogens is 388 g/mol. The molecule has 0 bridgehead atoms. The molecule has 2 heterocycles. The lowest BCUT2D eigenvalue weighted by atomic mass is 9.99. The van der Waals surface area contributed by atoms with Crippen molar-refractivity contribution in [2.24, 2.45) is 0 Å². The molecule has 1 atom stereocenters. The molecule has 1 aromatic carbocycles. The van der Waals surface area contributed by atoms with Gasteiger partial charge < -0.3 is 19.6 Å².